The number of rotatable bonds is 4. The zero-order chi connectivity index (χ0) is 10.9. The summed E-state index contributed by atoms with van der Waals surface area (Å²) in [7, 11) is 4.28. The largest absolute Gasteiger partial charge is 0.399 e. The van der Waals surface area contributed by atoms with Gasteiger partial charge in [0.25, 0.3) is 0 Å². The van der Waals surface area contributed by atoms with Crippen molar-refractivity contribution in [3.05, 3.63) is 29.8 Å². The maximum Gasteiger partial charge on any atom is 0.0314 e. The summed E-state index contributed by atoms with van der Waals surface area (Å²) in [6.45, 7) is 1.17. The second-order valence-corrected chi connectivity index (χ2v) is 4.96. The molecule has 0 heterocycles. The van der Waals surface area contributed by atoms with E-state index in [4.69, 9.17) is 5.73 Å². The molecule has 15 heavy (non-hydrogen) atoms. The van der Waals surface area contributed by atoms with Crippen molar-refractivity contribution in [3.63, 3.8) is 0 Å². The van der Waals surface area contributed by atoms with E-state index in [0.29, 0.717) is 5.41 Å². The van der Waals surface area contributed by atoms with Crippen LogP contribution in [-0.4, -0.2) is 25.5 Å². The number of nitrogen functional groups attached to an aromatic ring is 1. The van der Waals surface area contributed by atoms with Gasteiger partial charge in [-0.3, -0.25) is 0 Å². The Morgan fingerprint density at radius 3 is 2.27 bits per heavy atom. The van der Waals surface area contributed by atoms with E-state index in [9.17, 15) is 0 Å². The highest BCUT2D eigenvalue weighted by atomic mass is 15.0. The van der Waals surface area contributed by atoms with Crippen LogP contribution in [0.5, 0.6) is 0 Å². The minimum absolute atomic E-state index is 0.470. The van der Waals surface area contributed by atoms with Gasteiger partial charge in [0.05, 0.1) is 0 Å². The highest BCUT2D eigenvalue weighted by molar-refractivity contribution is 5.43. The quantitative estimate of drug-likeness (QED) is 0.762. The van der Waals surface area contributed by atoms with E-state index in [1.807, 2.05) is 12.1 Å². The van der Waals surface area contributed by atoms with Crippen molar-refractivity contribution in [1.82, 2.24) is 4.90 Å². The van der Waals surface area contributed by atoms with E-state index in [0.717, 1.165) is 5.69 Å². The number of benzene rings is 1. The molecule has 2 nitrogen and oxygen atoms in total. The van der Waals surface area contributed by atoms with Crippen molar-refractivity contribution >= 4 is 5.69 Å². The molecule has 1 saturated carbocycles. The lowest BCUT2D eigenvalue weighted by atomic mass is 9.92. The Morgan fingerprint density at radius 1 is 1.20 bits per heavy atom. The molecule has 0 aromatic heterocycles. The van der Waals surface area contributed by atoms with Crippen LogP contribution in [0, 0.1) is 0 Å². The topological polar surface area (TPSA) is 29.3 Å². The Bertz CT molecular complexity index is 323. The molecule has 0 aliphatic heterocycles. The van der Waals surface area contributed by atoms with Crippen molar-refractivity contribution in [1.29, 1.82) is 0 Å². The van der Waals surface area contributed by atoms with Gasteiger partial charge in [-0.1, -0.05) is 12.1 Å². The highest BCUT2D eigenvalue weighted by Crippen LogP contribution is 2.51. The maximum absolute atomic E-state index is 5.70. The second kappa shape index (κ2) is 3.86. The van der Waals surface area contributed by atoms with E-state index in [-0.39, 0.29) is 0 Å². The molecule has 0 atom stereocenters. The lowest BCUT2D eigenvalue weighted by molar-refractivity contribution is 0.375. The minimum Gasteiger partial charge on any atom is -0.399 e. The van der Waals surface area contributed by atoms with Gasteiger partial charge in [-0.15, -0.1) is 0 Å². The van der Waals surface area contributed by atoms with Crippen LogP contribution in [0.2, 0.25) is 0 Å². The SMILES string of the molecule is CN(C)CCC1(c2ccc(N)cc2)CC1. The summed E-state index contributed by atoms with van der Waals surface area (Å²) in [4.78, 5) is 2.26. The summed E-state index contributed by atoms with van der Waals surface area (Å²) in [6.07, 6.45) is 3.94. The Balaban J connectivity index is 2.06. The summed E-state index contributed by atoms with van der Waals surface area (Å²) >= 11 is 0. The van der Waals surface area contributed by atoms with Crippen molar-refractivity contribution in [2.75, 3.05) is 26.4 Å². The first-order valence-corrected chi connectivity index (χ1v) is 5.63. The predicted octanol–water partition coefficient (Wildman–Crippen LogP) is 2.25. The van der Waals surface area contributed by atoms with Gasteiger partial charge in [0, 0.05) is 5.69 Å². The summed E-state index contributed by atoms with van der Waals surface area (Å²) in [5, 5.41) is 0. The molecule has 1 aliphatic rings. The fraction of sp³-hybridized carbons (Fsp3) is 0.538. The third-order valence-electron chi connectivity index (χ3n) is 3.41. The summed E-state index contributed by atoms with van der Waals surface area (Å²) in [5.41, 5.74) is 8.51. The first-order valence-electron chi connectivity index (χ1n) is 5.63. The third-order valence-corrected chi connectivity index (χ3v) is 3.41. The molecule has 1 aromatic rings. The van der Waals surface area contributed by atoms with Crippen molar-refractivity contribution in [3.8, 4) is 0 Å². The zero-order valence-electron chi connectivity index (χ0n) is 9.66. The fourth-order valence-electron chi connectivity index (χ4n) is 2.11. The summed E-state index contributed by atoms with van der Waals surface area (Å²) in [5.74, 6) is 0. The molecular weight excluding hydrogens is 184 g/mol. The Morgan fingerprint density at radius 2 is 1.80 bits per heavy atom. The van der Waals surface area contributed by atoms with Crippen LogP contribution >= 0.6 is 0 Å². The molecule has 1 aliphatic carbocycles. The molecule has 2 heteroatoms. The standard InChI is InChI=1S/C13H20N2/c1-15(2)10-9-13(7-8-13)11-3-5-12(14)6-4-11/h3-6H,7-10,14H2,1-2H3. The minimum atomic E-state index is 0.470. The lowest BCUT2D eigenvalue weighted by Crippen LogP contribution is -2.19. The van der Waals surface area contributed by atoms with Crippen LogP contribution in [0.25, 0.3) is 0 Å². The van der Waals surface area contributed by atoms with Crippen LogP contribution < -0.4 is 5.73 Å². The summed E-state index contributed by atoms with van der Waals surface area (Å²) in [6, 6.07) is 8.42. The van der Waals surface area contributed by atoms with Crippen LogP contribution in [0.3, 0.4) is 0 Å². The van der Waals surface area contributed by atoms with Gasteiger partial charge in [0.1, 0.15) is 0 Å². The second-order valence-electron chi connectivity index (χ2n) is 4.96. The molecule has 2 N–H and O–H groups in total. The van der Waals surface area contributed by atoms with Gasteiger partial charge in [-0.05, 0) is 63.0 Å². The molecule has 1 aromatic carbocycles. The molecule has 0 amide bonds. The smallest absolute Gasteiger partial charge is 0.0314 e. The first-order chi connectivity index (χ1) is 7.12. The molecule has 0 spiro atoms. The Labute approximate surface area is 92.1 Å². The van der Waals surface area contributed by atoms with Crippen molar-refractivity contribution in [2.45, 2.75) is 24.7 Å². The maximum atomic E-state index is 5.70. The van der Waals surface area contributed by atoms with Gasteiger partial charge in [-0.2, -0.15) is 0 Å². The van der Waals surface area contributed by atoms with Gasteiger partial charge in [-0.25, -0.2) is 0 Å². The van der Waals surface area contributed by atoms with Crippen molar-refractivity contribution in [2.24, 2.45) is 0 Å². The molecule has 0 unspecified atom stereocenters. The monoisotopic (exact) mass is 204 g/mol. The molecule has 0 radical (unpaired) electrons. The Kier molecular flexibility index (Phi) is 2.70. The zero-order valence-corrected chi connectivity index (χ0v) is 9.66. The average Bonchev–Trinajstić information content (AvgIpc) is 2.97. The van der Waals surface area contributed by atoms with Gasteiger partial charge < -0.3 is 10.6 Å². The third kappa shape index (κ3) is 2.32. The molecule has 2 rings (SSSR count). The number of anilines is 1. The van der Waals surface area contributed by atoms with Crippen LogP contribution in [0.4, 0.5) is 5.69 Å². The Hall–Kier alpha value is -1.02. The highest BCUT2D eigenvalue weighted by Gasteiger charge is 2.43. The van der Waals surface area contributed by atoms with E-state index in [2.05, 4.69) is 31.1 Å². The average molecular weight is 204 g/mol. The van der Waals surface area contributed by atoms with Crippen LogP contribution in [0.1, 0.15) is 24.8 Å². The van der Waals surface area contributed by atoms with E-state index < -0.39 is 0 Å². The predicted molar refractivity (Wildman–Crippen MR) is 64.9 cm³/mol. The van der Waals surface area contributed by atoms with E-state index in [1.165, 1.54) is 31.4 Å². The molecule has 0 bridgehead atoms. The number of hydrogen-bond acceptors (Lipinski definition) is 2. The fourth-order valence-corrected chi connectivity index (χ4v) is 2.11. The van der Waals surface area contributed by atoms with Gasteiger partial charge >= 0.3 is 0 Å². The number of nitrogens with two attached hydrogens (primary N) is 1. The molecular formula is C13H20N2. The summed E-state index contributed by atoms with van der Waals surface area (Å²) < 4.78 is 0. The van der Waals surface area contributed by atoms with Crippen LogP contribution in [0.15, 0.2) is 24.3 Å². The lowest BCUT2D eigenvalue weighted by Gasteiger charge is -2.18. The van der Waals surface area contributed by atoms with Crippen LogP contribution in [-0.2, 0) is 5.41 Å². The van der Waals surface area contributed by atoms with E-state index in [1.54, 1.807) is 0 Å². The first kappa shape index (κ1) is 10.5. The number of hydrogen-bond donors (Lipinski definition) is 1. The van der Waals surface area contributed by atoms with Crippen molar-refractivity contribution < 1.29 is 0 Å². The molecule has 1 fully saturated rings. The van der Waals surface area contributed by atoms with E-state index >= 15 is 0 Å². The van der Waals surface area contributed by atoms with Gasteiger partial charge in [0.2, 0.25) is 0 Å². The molecule has 0 saturated heterocycles. The van der Waals surface area contributed by atoms with Gasteiger partial charge in [0.15, 0.2) is 0 Å². The number of nitrogens with zero attached hydrogens (tertiary/aromatic N) is 1. The molecule has 82 valence electrons. The normalized spacial score (nSPS) is 18.1.